The molecular formula is C13H26N2O. The van der Waals surface area contributed by atoms with E-state index >= 15 is 0 Å². The van der Waals surface area contributed by atoms with Crippen molar-refractivity contribution in [2.45, 2.75) is 32.1 Å². The molecule has 0 aromatic rings. The highest BCUT2D eigenvalue weighted by molar-refractivity contribution is 4.91. The van der Waals surface area contributed by atoms with Gasteiger partial charge in [0.25, 0.3) is 0 Å². The SMILES string of the molecule is CN(CC1CCCOC1)CC1(CN)CCC1. The van der Waals surface area contributed by atoms with E-state index in [9.17, 15) is 0 Å². The van der Waals surface area contributed by atoms with E-state index in [0.29, 0.717) is 5.41 Å². The Bertz CT molecular complexity index is 204. The molecule has 1 saturated heterocycles. The Balaban J connectivity index is 1.72. The number of ether oxygens (including phenoxy) is 1. The summed E-state index contributed by atoms with van der Waals surface area (Å²) in [4.78, 5) is 2.48. The molecule has 2 fully saturated rings. The average molecular weight is 226 g/mol. The minimum atomic E-state index is 0.449. The summed E-state index contributed by atoms with van der Waals surface area (Å²) in [5.41, 5.74) is 6.35. The minimum Gasteiger partial charge on any atom is -0.381 e. The fraction of sp³-hybridized carbons (Fsp3) is 1.00. The molecule has 1 aliphatic carbocycles. The first-order valence-electron chi connectivity index (χ1n) is 6.70. The van der Waals surface area contributed by atoms with Crippen molar-refractivity contribution in [3.8, 4) is 0 Å². The molecule has 0 aromatic heterocycles. The lowest BCUT2D eigenvalue weighted by molar-refractivity contribution is 0.0258. The molecular weight excluding hydrogens is 200 g/mol. The molecule has 1 unspecified atom stereocenters. The highest BCUT2D eigenvalue weighted by atomic mass is 16.5. The standard InChI is InChI=1S/C13H26N2O/c1-15(8-12-4-2-7-16-9-12)11-13(10-14)5-3-6-13/h12H,2-11,14H2,1H3. The maximum Gasteiger partial charge on any atom is 0.0506 e. The van der Waals surface area contributed by atoms with Crippen LogP contribution >= 0.6 is 0 Å². The van der Waals surface area contributed by atoms with E-state index in [0.717, 1.165) is 25.7 Å². The first-order valence-corrected chi connectivity index (χ1v) is 6.70. The van der Waals surface area contributed by atoms with Gasteiger partial charge >= 0.3 is 0 Å². The Morgan fingerprint density at radius 3 is 2.69 bits per heavy atom. The zero-order valence-corrected chi connectivity index (χ0v) is 10.6. The van der Waals surface area contributed by atoms with Crippen LogP contribution in [0.25, 0.3) is 0 Å². The van der Waals surface area contributed by atoms with Gasteiger partial charge in [0.15, 0.2) is 0 Å². The van der Waals surface area contributed by atoms with Crippen LogP contribution in [0.4, 0.5) is 0 Å². The molecule has 1 heterocycles. The van der Waals surface area contributed by atoms with Gasteiger partial charge in [0.2, 0.25) is 0 Å². The van der Waals surface area contributed by atoms with Crippen molar-refractivity contribution in [2.75, 3.05) is 39.9 Å². The van der Waals surface area contributed by atoms with Gasteiger partial charge in [-0.1, -0.05) is 6.42 Å². The number of hydrogen-bond acceptors (Lipinski definition) is 3. The van der Waals surface area contributed by atoms with Crippen LogP contribution in [0.5, 0.6) is 0 Å². The van der Waals surface area contributed by atoms with Crippen molar-refractivity contribution in [1.82, 2.24) is 4.90 Å². The second-order valence-electron chi connectivity index (χ2n) is 5.84. The van der Waals surface area contributed by atoms with Crippen molar-refractivity contribution in [3.05, 3.63) is 0 Å². The first kappa shape index (κ1) is 12.3. The summed E-state index contributed by atoms with van der Waals surface area (Å²) < 4.78 is 5.53. The Hall–Kier alpha value is -0.120. The molecule has 0 aromatic carbocycles. The van der Waals surface area contributed by atoms with Gasteiger partial charge in [0.1, 0.15) is 0 Å². The molecule has 0 bridgehead atoms. The van der Waals surface area contributed by atoms with E-state index < -0.39 is 0 Å². The van der Waals surface area contributed by atoms with Gasteiger partial charge in [0.05, 0.1) is 6.61 Å². The summed E-state index contributed by atoms with van der Waals surface area (Å²) in [6, 6.07) is 0. The van der Waals surface area contributed by atoms with Crippen LogP contribution in [-0.2, 0) is 4.74 Å². The van der Waals surface area contributed by atoms with Gasteiger partial charge in [0, 0.05) is 19.7 Å². The predicted octanol–water partition coefficient (Wildman–Crippen LogP) is 1.47. The van der Waals surface area contributed by atoms with E-state index in [2.05, 4.69) is 11.9 Å². The molecule has 2 aliphatic rings. The monoisotopic (exact) mass is 226 g/mol. The summed E-state index contributed by atoms with van der Waals surface area (Å²) in [6.45, 7) is 5.15. The number of hydrogen-bond donors (Lipinski definition) is 1. The van der Waals surface area contributed by atoms with Gasteiger partial charge in [-0.3, -0.25) is 0 Å². The molecule has 94 valence electrons. The fourth-order valence-electron chi connectivity index (χ4n) is 3.13. The minimum absolute atomic E-state index is 0.449. The average Bonchev–Trinajstić information content (AvgIpc) is 2.25. The smallest absolute Gasteiger partial charge is 0.0506 e. The maximum atomic E-state index is 5.90. The molecule has 0 spiro atoms. The lowest BCUT2D eigenvalue weighted by Gasteiger charge is -2.44. The highest BCUT2D eigenvalue weighted by Gasteiger charge is 2.36. The van der Waals surface area contributed by atoms with E-state index in [1.165, 1.54) is 45.2 Å². The normalized spacial score (nSPS) is 29.1. The molecule has 0 amide bonds. The highest BCUT2D eigenvalue weighted by Crippen LogP contribution is 2.40. The Kier molecular flexibility index (Phi) is 4.22. The van der Waals surface area contributed by atoms with Crippen LogP contribution in [0, 0.1) is 11.3 Å². The fourth-order valence-corrected chi connectivity index (χ4v) is 3.13. The van der Waals surface area contributed by atoms with E-state index in [1.54, 1.807) is 0 Å². The Morgan fingerprint density at radius 1 is 1.38 bits per heavy atom. The maximum absolute atomic E-state index is 5.90. The molecule has 2 rings (SSSR count). The number of nitrogens with two attached hydrogens (primary N) is 1. The third-order valence-electron chi connectivity index (χ3n) is 4.28. The second-order valence-corrected chi connectivity index (χ2v) is 5.84. The van der Waals surface area contributed by atoms with Crippen LogP contribution < -0.4 is 5.73 Å². The largest absolute Gasteiger partial charge is 0.381 e. The number of rotatable bonds is 5. The van der Waals surface area contributed by atoms with Crippen LogP contribution in [0.2, 0.25) is 0 Å². The summed E-state index contributed by atoms with van der Waals surface area (Å²) in [5, 5.41) is 0. The quantitative estimate of drug-likeness (QED) is 0.771. The predicted molar refractivity (Wildman–Crippen MR) is 66.4 cm³/mol. The molecule has 1 saturated carbocycles. The molecule has 1 atom stereocenters. The van der Waals surface area contributed by atoms with Gasteiger partial charge in [-0.15, -0.1) is 0 Å². The van der Waals surface area contributed by atoms with Crippen molar-refractivity contribution < 1.29 is 4.74 Å². The van der Waals surface area contributed by atoms with E-state index in [1.807, 2.05) is 0 Å². The van der Waals surface area contributed by atoms with Crippen LogP contribution in [0.1, 0.15) is 32.1 Å². The third kappa shape index (κ3) is 2.96. The molecule has 2 N–H and O–H groups in total. The molecule has 16 heavy (non-hydrogen) atoms. The first-order chi connectivity index (χ1) is 7.74. The zero-order chi connectivity index (χ0) is 11.4. The Labute approximate surface area is 99.3 Å². The molecule has 3 heteroatoms. The van der Waals surface area contributed by atoms with Crippen molar-refractivity contribution in [2.24, 2.45) is 17.1 Å². The molecule has 0 radical (unpaired) electrons. The zero-order valence-electron chi connectivity index (χ0n) is 10.6. The van der Waals surface area contributed by atoms with Crippen molar-refractivity contribution in [1.29, 1.82) is 0 Å². The van der Waals surface area contributed by atoms with Crippen LogP contribution in [-0.4, -0.2) is 44.8 Å². The van der Waals surface area contributed by atoms with Gasteiger partial charge < -0.3 is 15.4 Å². The topological polar surface area (TPSA) is 38.5 Å². The Morgan fingerprint density at radius 2 is 2.19 bits per heavy atom. The summed E-state index contributed by atoms with van der Waals surface area (Å²) >= 11 is 0. The van der Waals surface area contributed by atoms with E-state index in [-0.39, 0.29) is 0 Å². The van der Waals surface area contributed by atoms with Gasteiger partial charge in [-0.05, 0) is 50.6 Å². The summed E-state index contributed by atoms with van der Waals surface area (Å²) in [7, 11) is 2.24. The molecule has 1 aliphatic heterocycles. The number of nitrogens with zero attached hydrogens (tertiary/aromatic N) is 1. The van der Waals surface area contributed by atoms with Gasteiger partial charge in [-0.2, -0.15) is 0 Å². The van der Waals surface area contributed by atoms with Crippen LogP contribution in [0.15, 0.2) is 0 Å². The van der Waals surface area contributed by atoms with E-state index in [4.69, 9.17) is 10.5 Å². The third-order valence-corrected chi connectivity index (χ3v) is 4.28. The summed E-state index contributed by atoms with van der Waals surface area (Å²) in [5.74, 6) is 0.744. The lowest BCUT2D eigenvalue weighted by Crippen LogP contribution is -2.47. The van der Waals surface area contributed by atoms with Gasteiger partial charge in [-0.25, -0.2) is 0 Å². The molecule has 3 nitrogen and oxygen atoms in total. The van der Waals surface area contributed by atoms with Crippen LogP contribution in [0.3, 0.4) is 0 Å². The second kappa shape index (κ2) is 5.48. The lowest BCUT2D eigenvalue weighted by atomic mass is 9.68. The van der Waals surface area contributed by atoms with Crippen molar-refractivity contribution in [3.63, 3.8) is 0 Å². The summed E-state index contributed by atoms with van der Waals surface area (Å²) in [6.07, 6.45) is 6.60. The van der Waals surface area contributed by atoms with Crippen molar-refractivity contribution >= 4 is 0 Å².